The van der Waals surface area contributed by atoms with E-state index in [9.17, 15) is 9.59 Å². The Balaban J connectivity index is 1.03. The normalized spacial score (nSPS) is 19.3. The third kappa shape index (κ3) is 8.89. The van der Waals surface area contributed by atoms with Crippen molar-refractivity contribution in [3.8, 4) is 11.3 Å². The highest BCUT2D eigenvalue weighted by atomic mass is 28.3. The minimum atomic E-state index is -1.25. The number of carbonyl (C=O) groups is 2. The first-order chi connectivity index (χ1) is 25.3. The van der Waals surface area contributed by atoms with Crippen LogP contribution in [0.2, 0.25) is 25.7 Å². The van der Waals surface area contributed by atoms with Gasteiger partial charge in [-0.25, -0.2) is 14.8 Å². The number of nitrogens with one attached hydrogen (secondary N) is 2. The van der Waals surface area contributed by atoms with E-state index in [2.05, 4.69) is 55.7 Å². The number of fused-ring (bicyclic) bond motifs is 3. The summed E-state index contributed by atoms with van der Waals surface area (Å²) in [6.45, 7) is 17.2. The van der Waals surface area contributed by atoms with Gasteiger partial charge in [-0.2, -0.15) is 0 Å². The van der Waals surface area contributed by atoms with Crippen molar-refractivity contribution in [2.75, 3.05) is 43.1 Å². The maximum absolute atomic E-state index is 13.3. The molecule has 282 valence electrons. The van der Waals surface area contributed by atoms with E-state index < -0.39 is 19.8 Å². The molecule has 13 nitrogen and oxygen atoms in total. The number of amides is 2. The van der Waals surface area contributed by atoms with Crippen molar-refractivity contribution >= 4 is 42.6 Å². The fraction of sp³-hybridized carbons (Fsp3) is 0.513. The number of hydrogen-bond donors (Lipinski definition) is 2. The van der Waals surface area contributed by atoms with Gasteiger partial charge in [-0.1, -0.05) is 31.8 Å². The van der Waals surface area contributed by atoms with Gasteiger partial charge in [-0.3, -0.25) is 14.7 Å². The molecule has 2 bridgehead atoms. The Morgan fingerprint density at radius 2 is 1.72 bits per heavy atom. The van der Waals surface area contributed by atoms with Crippen molar-refractivity contribution in [3.63, 3.8) is 0 Å². The molecule has 1 aromatic carbocycles. The zero-order valence-electron chi connectivity index (χ0n) is 31.7. The minimum absolute atomic E-state index is 0.0380. The maximum Gasteiger partial charge on any atom is 0.407 e. The molecule has 2 amide bonds. The summed E-state index contributed by atoms with van der Waals surface area (Å²) in [6.07, 6.45) is 5.13. The Morgan fingerprint density at radius 3 is 2.42 bits per heavy atom. The number of ether oxygens (including phenoxy) is 3. The van der Waals surface area contributed by atoms with Crippen LogP contribution in [0.25, 0.3) is 22.3 Å². The molecular weight excluding hydrogens is 689 g/mol. The van der Waals surface area contributed by atoms with Crippen molar-refractivity contribution in [1.82, 2.24) is 29.7 Å². The summed E-state index contributed by atoms with van der Waals surface area (Å²) in [5.41, 5.74) is 4.27. The molecule has 14 heteroatoms. The SMILES string of the molecule is CC(C)(C)OC(=O)NC1CN(Cc2ccnc(C(=O)Nc3ccc(-c4cc5c(N6C7CCC6COC7)ncnc5n4COCC[Si](C)(C)C)cc3)c2)C1. The number of hydrogen-bond acceptors (Lipinski definition) is 10. The largest absolute Gasteiger partial charge is 0.444 e. The summed E-state index contributed by atoms with van der Waals surface area (Å²) in [5.74, 6) is 0.676. The van der Waals surface area contributed by atoms with Gasteiger partial charge in [0.1, 0.15) is 35.8 Å². The van der Waals surface area contributed by atoms with Gasteiger partial charge in [0.05, 0.1) is 42.4 Å². The standard InChI is InChI=1S/C39H52N8O5Si/c1-39(2,3)52-38(49)44-29-20-45(21-29)19-26-13-14-40-33(17-26)37(48)43-28-9-7-27(8-10-28)34-18-32-35(46(34)25-50-15-16-53(4,5)6)41-24-42-36(32)47-30-11-12-31(47)23-51-22-30/h7-10,13-14,17-18,24,29-31H,11-12,15-16,19-23,25H2,1-6H3,(H,43,48)(H,44,49). The monoisotopic (exact) mass is 740 g/mol. The molecule has 2 unspecified atom stereocenters. The van der Waals surface area contributed by atoms with Crippen LogP contribution in [0.3, 0.4) is 0 Å². The zero-order valence-corrected chi connectivity index (χ0v) is 32.7. The predicted molar refractivity (Wildman–Crippen MR) is 208 cm³/mol. The summed E-state index contributed by atoms with van der Waals surface area (Å²) in [4.78, 5) is 44.0. The first-order valence-electron chi connectivity index (χ1n) is 18.7. The van der Waals surface area contributed by atoms with E-state index in [1.54, 1.807) is 12.5 Å². The quantitative estimate of drug-likeness (QED) is 0.129. The molecular formula is C39H52N8O5Si. The maximum atomic E-state index is 13.3. The number of morpholine rings is 1. The lowest BCUT2D eigenvalue weighted by Crippen LogP contribution is -2.59. The highest BCUT2D eigenvalue weighted by Crippen LogP contribution is 2.39. The Morgan fingerprint density at radius 1 is 0.981 bits per heavy atom. The number of likely N-dealkylation sites (tertiary alicyclic amines) is 1. The Kier molecular flexibility index (Phi) is 10.6. The van der Waals surface area contributed by atoms with E-state index in [0.717, 1.165) is 65.8 Å². The smallest absolute Gasteiger partial charge is 0.407 e. The zero-order chi connectivity index (χ0) is 37.3. The number of aromatic nitrogens is 4. The van der Waals surface area contributed by atoms with Crippen molar-refractivity contribution < 1.29 is 23.8 Å². The third-order valence-electron chi connectivity index (χ3n) is 9.95. The molecule has 2 atom stereocenters. The van der Waals surface area contributed by atoms with Crippen LogP contribution in [0.15, 0.2) is 55.0 Å². The minimum Gasteiger partial charge on any atom is -0.444 e. The van der Waals surface area contributed by atoms with Crippen molar-refractivity contribution in [1.29, 1.82) is 0 Å². The molecule has 6 heterocycles. The number of benzene rings is 1. The van der Waals surface area contributed by atoms with Crippen molar-refractivity contribution in [2.24, 2.45) is 0 Å². The van der Waals surface area contributed by atoms with Crippen LogP contribution >= 0.6 is 0 Å². The van der Waals surface area contributed by atoms with E-state index in [1.165, 1.54) is 0 Å². The summed E-state index contributed by atoms with van der Waals surface area (Å²) < 4.78 is 19.7. The van der Waals surface area contributed by atoms with Gasteiger partial charge in [-0.05, 0) is 81.1 Å². The molecule has 0 radical (unpaired) electrons. The predicted octanol–water partition coefficient (Wildman–Crippen LogP) is 6.13. The van der Waals surface area contributed by atoms with Crippen LogP contribution < -0.4 is 15.5 Å². The second kappa shape index (κ2) is 15.2. The van der Waals surface area contributed by atoms with Gasteiger partial charge in [0.25, 0.3) is 5.91 Å². The van der Waals surface area contributed by atoms with Crippen LogP contribution in [-0.2, 0) is 27.5 Å². The topological polar surface area (TPSA) is 136 Å². The van der Waals surface area contributed by atoms with Crippen LogP contribution in [0, 0.1) is 0 Å². The average Bonchev–Trinajstić information content (AvgIpc) is 3.57. The van der Waals surface area contributed by atoms with Gasteiger partial charge in [0.15, 0.2) is 0 Å². The van der Waals surface area contributed by atoms with E-state index in [-0.39, 0.29) is 11.9 Å². The first kappa shape index (κ1) is 37.0. The molecule has 0 saturated carbocycles. The Labute approximate surface area is 312 Å². The lowest BCUT2D eigenvalue weighted by atomic mass is 10.1. The van der Waals surface area contributed by atoms with Crippen LogP contribution in [0.1, 0.15) is 49.7 Å². The molecule has 2 N–H and O–H groups in total. The second-order valence-electron chi connectivity index (χ2n) is 16.7. The number of pyridine rings is 1. The lowest BCUT2D eigenvalue weighted by molar-refractivity contribution is 0.0392. The lowest BCUT2D eigenvalue weighted by Gasteiger charge is -2.39. The number of anilines is 2. The Bertz CT molecular complexity index is 1920. The summed E-state index contributed by atoms with van der Waals surface area (Å²) in [7, 11) is -1.25. The van der Waals surface area contributed by atoms with Crippen molar-refractivity contribution in [3.05, 3.63) is 66.2 Å². The van der Waals surface area contributed by atoms with Gasteiger partial charge in [0, 0.05) is 46.2 Å². The average molecular weight is 741 g/mol. The van der Waals surface area contributed by atoms with E-state index in [0.29, 0.717) is 56.4 Å². The van der Waals surface area contributed by atoms with Crippen LogP contribution in [-0.4, -0.2) is 101 Å². The molecule has 3 aliphatic rings. The molecule has 0 aliphatic carbocycles. The van der Waals surface area contributed by atoms with E-state index in [1.807, 2.05) is 57.2 Å². The molecule has 3 saturated heterocycles. The third-order valence-corrected chi connectivity index (χ3v) is 11.7. The van der Waals surface area contributed by atoms with Gasteiger partial charge >= 0.3 is 6.09 Å². The van der Waals surface area contributed by atoms with E-state index in [4.69, 9.17) is 24.2 Å². The molecule has 3 aromatic heterocycles. The fourth-order valence-corrected chi connectivity index (χ4v) is 8.03. The highest BCUT2D eigenvalue weighted by Gasteiger charge is 2.39. The van der Waals surface area contributed by atoms with Crippen LogP contribution in [0.4, 0.5) is 16.3 Å². The van der Waals surface area contributed by atoms with Gasteiger partial charge in [-0.15, -0.1) is 0 Å². The molecule has 7 rings (SSSR count). The molecule has 3 fully saturated rings. The first-order valence-corrected chi connectivity index (χ1v) is 22.4. The highest BCUT2D eigenvalue weighted by molar-refractivity contribution is 6.76. The summed E-state index contributed by atoms with van der Waals surface area (Å²) in [6, 6.07) is 15.5. The van der Waals surface area contributed by atoms with Gasteiger partial charge < -0.3 is 34.3 Å². The second-order valence-corrected chi connectivity index (χ2v) is 22.3. The fourth-order valence-electron chi connectivity index (χ4n) is 7.27. The molecule has 53 heavy (non-hydrogen) atoms. The molecule has 0 spiro atoms. The van der Waals surface area contributed by atoms with Crippen molar-refractivity contribution in [2.45, 2.75) is 96.3 Å². The summed E-state index contributed by atoms with van der Waals surface area (Å²) >= 11 is 0. The van der Waals surface area contributed by atoms with Gasteiger partial charge in [0.2, 0.25) is 0 Å². The number of carbonyl (C=O) groups excluding carboxylic acids is 2. The molecule has 3 aliphatic heterocycles. The van der Waals surface area contributed by atoms with Crippen LogP contribution in [0.5, 0.6) is 0 Å². The molecule has 4 aromatic rings. The summed E-state index contributed by atoms with van der Waals surface area (Å²) in [5, 5.41) is 6.93. The van der Waals surface area contributed by atoms with E-state index >= 15 is 0 Å². The Hall–Kier alpha value is -4.37. The number of alkyl carbamates (subject to hydrolysis) is 1. The number of nitrogens with zero attached hydrogens (tertiary/aromatic N) is 6. The number of rotatable bonds is 12.